The highest BCUT2D eigenvalue weighted by atomic mass is 79.9. The van der Waals surface area contributed by atoms with Crippen LogP contribution in [-0.4, -0.2) is 6.04 Å². The van der Waals surface area contributed by atoms with Crippen molar-refractivity contribution in [3.63, 3.8) is 0 Å². The number of nitrogens with one attached hydrogen (secondary N) is 1. The van der Waals surface area contributed by atoms with E-state index in [9.17, 15) is 4.39 Å². The van der Waals surface area contributed by atoms with E-state index in [1.807, 2.05) is 24.3 Å². The van der Waals surface area contributed by atoms with Crippen LogP contribution in [0.4, 0.5) is 4.39 Å². The standard InChI is InChI=1S/C16H15BrFNO/c17-14-8-5-12(18)9-16(14)20-15-4-2-1-3-11(15)10-19-13-6-7-13/h1-5,8-9,13,19H,6-7,10H2. The molecule has 0 heterocycles. The van der Waals surface area contributed by atoms with Crippen LogP contribution in [0.5, 0.6) is 11.5 Å². The first-order chi connectivity index (χ1) is 9.72. The molecule has 0 saturated heterocycles. The second-order valence-corrected chi connectivity index (χ2v) is 5.79. The van der Waals surface area contributed by atoms with E-state index < -0.39 is 0 Å². The molecule has 1 saturated carbocycles. The molecular weight excluding hydrogens is 321 g/mol. The topological polar surface area (TPSA) is 21.3 Å². The molecule has 0 bridgehead atoms. The first-order valence-corrected chi connectivity index (χ1v) is 7.46. The molecule has 1 aliphatic carbocycles. The third-order valence-corrected chi connectivity index (χ3v) is 3.90. The lowest BCUT2D eigenvalue weighted by molar-refractivity contribution is 0.464. The number of ether oxygens (including phenoxy) is 1. The van der Waals surface area contributed by atoms with Gasteiger partial charge in [-0.3, -0.25) is 0 Å². The fraction of sp³-hybridized carbons (Fsp3) is 0.250. The minimum absolute atomic E-state index is 0.309. The van der Waals surface area contributed by atoms with Crippen LogP contribution in [0.15, 0.2) is 46.9 Å². The highest BCUT2D eigenvalue weighted by molar-refractivity contribution is 9.10. The Morgan fingerprint density at radius 2 is 1.95 bits per heavy atom. The summed E-state index contributed by atoms with van der Waals surface area (Å²) in [6.07, 6.45) is 2.50. The van der Waals surface area contributed by atoms with Crippen LogP contribution >= 0.6 is 15.9 Å². The first-order valence-electron chi connectivity index (χ1n) is 6.66. The molecule has 1 aliphatic rings. The Bertz CT molecular complexity index is 613. The highest BCUT2D eigenvalue weighted by Gasteiger charge is 2.20. The van der Waals surface area contributed by atoms with Gasteiger partial charge in [0.1, 0.15) is 17.3 Å². The van der Waals surface area contributed by atoms with Crippen LogP contribution in [0.1, 0.15) is 18.4 Å². The minimum Gasteiger partial charge on any atom is -0.456 e. The molecule has 0 radical (unpaired) electrons. The van der Waals surface area contributed by atoms with Gasteiger partial charge in [-0.1, -0.05) is 18.2 Å². The predicted molar refractivity (Wildman–Crippen MR) is 80.5 cm³/mol. The van der Waals surface area contributed by atoms with Gasteiger partial charge < -0.3 is 10.1 Å². The number of halogens is 2. The van der Waals surface area contributed by atoms with Crippen molar-refractivity contribution in [1.82, 2.24) is 5.32 Å². The summed E-state index contributed by atoms with van der Waals surface area (Å²) in [5.41, 5.74) is 1.08. The van der Waals surface area contributed by atoms with Crippen LogP contribution in [-0.2, 0) is 6.54 Å². The minimum atomic E-state index is -0.309. The molecule has 20 heavy (non-hydrogen) atoms. The maximum Gasteiger partial charge on any atom is 0.144 e. The molecule has 2 nitrogen and oxygen atoms in total. The van der Waals surface area contributed by atoms with Crippen molar-refractivity contribution in [2.75, 3.05) is 0 Å². The van der Waals surface area contributed by atoms with Gasteiger partial charge in [0.15, 0.2) is 0 Å². The number of hydrogen-bond acceptors (Lipinski definition) is 2. The van der Waals surface area contributed by atoms with Crippen molar-refractivity contribution in [2.45, 2.75) is 25.4 Å². The Balaban J connectivity index is 1.80. The highest BCUT2D eigenvalue weighted by Crippen LogP contribution is 2.32. The Morgan fingerprint density at radius 3 is 2.75 bits per heavy atom. The van der Waals surface area contributed by atoms with Crippen molar-refractivity contribution in [2.24, 2.45) is 0 Å². The summed E-state index contributed by atoms with van der Waals surface area (Å²) < 4.78 is 19.9. The van der Waals surface area contributed by atoms with E-state index in [1.54, 1.807) is 6.07 Å². The van der Waals surface area contributed by atoms with Crippen LogP contribution in [0.3, 0.4) is 0 Å². The summed E-state index contributed by atoms with van der Waals surface area (Å²) in [7, 11) is 0. The molecule has 0 aliphatic heterocycles. The molecule has 0 atom stereocenters. The Labute approximate surface area is 126 Å². The van der Waals surface area contributed by atoms with E-state index in [0.717, 1.165) is 22.3 Å². The zero-order valence-corrected chi connectivity index (χ0v) is 12.5. The van der Waals surface area contributed by atoms with Crippen molar-refractivity contribution >= 4 is 15.9 Å². The molecule has 3 rings (SSSR count). The predicted octanol–water partition coefficient (Wildman–Crippen LogP) is 4.63. The average Bonchev–Trinajstić information content (AvgIpc) is 3.26. The van der Waals surface area contributed by atoms with Gasteiger partial charge in [0.2, 0.25) is 0 Å². The summed E-state index contributed by atoms with van der Waals surface area (Å²) in [6, 6.07) is 12.9. The third kappa shape index (κ3) is 3.38. The SMILES string of the molecule is Fc1ccc(Br)c(Oc2ccccc2CNC2CC2)c1. The smallest absolute Gasteiger partial charge is 0.144 e. The number of benzene rings is 2. The van der Waals surface area contributed by atoms with Gasteiger partial charge in [0.25, 0.3) is 0 Å². The molecule has 2 aromatic carbocycles. The third-order valence-electron chi connectivity index (χ3n) is 3.24. The molecule has 0 aromatic heterocycles. The second kappa shape index (κ2) is 5.94. The van der Waals surface area contributed by atoms with E-state index >= 15 is 0 Å². The maximum atomic E-state index is 13.3. The van der Waals surface area contributed by atoms with Gasteiger partial charge in [-0.2, -0.15) is 0 Å². The van der Waals surface area contributed by atoms with Crippen LogP contribution in [0.2, 0.25) is 0 Å². The van der Waals surface area contributed by atoms with Gasteiger partial charge in [0, 0.05) is 24.2 Å². The van der Waals surface area contributed by atoms with Crippen LogP contribution < -0.4 is 10.1 Å². The zero-order chi connectivity index (χ0) is 13.9. The summed E-state index contributed by atoms with van der Waals surface area (Å²) in [5.74, 6) is 0.938. The van der Waals surface area contributed by atoms with Crippen LogP contribution in [0.25, 0.3) is 0 Å². The molecule has 0 spiro atoms. The number of para-hydroxylation sites is 1. The van der Waals surface area contributed by atoms with Gasteiger partial charge in [-0.15, -0.1) is 0 Å². The average molecular weight is 336 g/mol. The Kier molecular flexibility index (Phi) is 4.03. The normalized spacial score (nSPS) is 14.3. The molecule has 104 valence electrons. The van der Waals surface area contributed by atoms with Crippen molar-refractivity contribution < 1.29 is 9.13 Å². The van der Waals surface area contributed by atoms with E-state index in [2.05, 4.69) is 21.2 Å². The monoisotopic (exact) mass is 335 g/mol. The molecule has 4 heteroatoms. The summed E-state index contributed by atoms with van der Waals surface area (Å²) in [5, 5.41) is 3.46. The lowest BCUT2D eigenvalue weighted by atomic mass is 10.2. The van der Waals surface area contributed by atoms with Crippen molar-refractivity contribution in [3.05, 3.63) is 58.3 Å². The van der Waals surface area contributed by atoms with Gasteiger partial charge in [-0.05, 0) is 47.0 Å². The fourth-order valence-electron chi connectivity index (χ4n) is 1.97. The van der Waals surface area contributed by atoms with Gasteiger partial charge >= 0.3 is 0 Å². The number of rotatable bonds is 5. The van der Waals surface area contributed by atoms with E-state index in [4.69, 9.17) is 4.74 Å². The molecule has 2 aromatic rings. The lowest BCUT2D eigenvalue weighted by Gasteiger charge is -2.12. The number of hydrogen-bond donors (Lipinski definition) is 1. The molecule has 1 fully saturated rings. The first kappa shape index (κ1) is 13.6. The lowest BCUT2D eigenvalue weighted by Crippen LogP contribution is -2.15. The van der Waals surface area contributed by atoms with Crippen molar-refractivity contribution in [3.8, 4) is 11.5 Å². The summed E-state index contributed by atoms with van der Waals surface area (Å²) in [6.45, 7) is 0.772. The maximum absolute atomic E-state index is 13.3. The quantitative estimate of drug-likeness (QED) is 0.859. The zero-order valence-electron chi connectivity index (χ0n) is 10.9. The van der Waals surface area contributed by atoms with Crippen molar-refractivity contribution in [1.29, 1.82) is 0 Å². The van der Waals surface area contributed by atoms with Crippen LogP contribution in [0, 0.1) is 5.82 Å². The Hall–Kier alpha value is -1.39. The largest absolute Gasteiger partial charge is 0.456 e. The van der Waals surface area contributed by atoms with Gasteiger partial charge in [0.05, 0.1) is 4.47 Å². The van der Waals surface area contributed by atoms with E-state index in [1.165, 1.54) is 25.0 Å². The molecule has 1 N–H and O–H groups in total. The Morgan fingerprint density at radius 1 is 1.15 bits per heavy atom. The second-order valence-electron chi connectivity index (χ2n) is 4.94. The van der Waals surface area contributed by atoms with E-state index in [-0.39, 0.29) is 5.82 Å². The summed E-state index contributed by atoms with van der Waals surface area (Å²) >= 11 is 3.38. The van der Waals surface area contributed by atoms with E-state index in [0.29, 0.717) is 11.8 Å². The van der Waals surface area contributed by atoms with Gasteiger partial charge in [-0.25, -0.2) is 4.39 Å². The molecule has 0 amide bonds. The molecule has 0 unspecified atom stereocenters. The summed E-state index contributed by atoms with van der Waals surface area (Å²) in [4.78, 5) is 0. The fourth-order valence-corrected chi connectivity index (χ4v) is 2.29. The molecular formula is C16H15BrFNO.